The molecule has 0 aliphatic carbocycles. The third kappa shape index (κ3) is 12.7. The first-order chi connectivity index (χ1) is 26.2. The van der Waals surface area contributed by atoms with Crippen LogP contribution in [0.3, 0.4) is 0 Å². The Bertz CT molecular complexity index is 2720. The van der Waals surface area contributed by atoms with Crippen molar-refractivity contribution in [1.29, 1.82) is 0 Å². The SMILES string of the molecule is BrCc1cc(Br)c2ncccc2c1.Brc1cc(C(Br)Br)cc2cccnc12.CS(=O)(=O)Cc1cc(Br)c2ncccc2c1.Cc1cc(Br)c2ncccc2c1. The molecular formula is C41H31Br7N4O2S. The topological polar surface area (TPSA) is 85.7 Å². The van der Waals surface area contributed by atoms with Crippen LogP contribution >= 0.6 is 112 Å². The van der Waals surface area contributed by atoms with Crippen molar-refractivity contribution in [2.75, 3.05) is 6.26 Å². The molecule has 0 amide bonds. The first-order valence-electron chi connectivity index (χ1n) is 16.4. The Hall–Kier alpha value is -2.17. The minimum Gasteiger partial charge on any atom is -0.255 e. The Morgan fingerprint density at radius 3 is 1.36 bits per heavy atom. The van der Waals surface area contributed by atoms with E-state index in [0.717, 1.165) is 61.6 Å². The van der Waals surface area contributed by atoms with E-state index in [9.17, 15) is 8.42 Å². The second-order valence-electron chi connectivity index (χ2n) is 12.2. The number of benzene rings is 4. The number of alkyl halides is 3. The van der Waals surface area contributed by atoms with E-state index < -0.39 is 9.84 Å². The van der Waals surface area contributed by atoms with Gasteiger partial charge in [-0.05, 0) is 166 Å². The number of pyridine rings is 4. The predicted octanol–water partition coefficient (Wildman–Crippen LogP) is 14.5. The van der Waals surface area contributed by atoms with E-state index in [2.05, 4.69) is 193 Å². The van der Waals surface area contributed by atoms with Gasteiger partial charge < -0.3 is 0 Å². The summed E-state index contributed by atoms with van der Waals surface area (Å²) in [6.45, 7) is 2.08. The van der Waals surface area contributed by atoms with Crippen molar-refractivity contribution in [3.8, 4) is 0 Å². The van der Waals surface area contributed by atoms with Gasteiger partial charge in [-0.1, -0.05) is 72.1 Å². The van der Waals surface area contributed by atoms with E-state index in [1.165, 1.54) is 33.7 Å². The third-order valence-corrected chi connectivity index (χ3v) is 12.7. The van der Waals surface area contributed by atoms with E-state index in [1.807, 2.05) is 42.6 Å². The van der Waals surface area contributed by atoms with Crippen molar-refractivity contribution in [3.63, 3.8) is 0 Å². The van der Waals surface area contributed by atoms with E-state index in [-0.39, 0.29) is 9.49 Å². The van der Waals surface area contributed by atoms with Gasteiger partial charge in [-0.2, -0.15) is 0 Å². The number of nitrogens with zero attached hydrogens (tertiary/aromatic N) is 4. The lowest BCUT2D eigenvalue weighted by atomic mass is 10.1. The van der Waals surface area contributed by atoms with Crippen LogP contribution in [0.1, 0.15) is 26.0 Å². The quantitative estimate of drug-likeness (QED) is 0.163. The van der Waals surface area contributed by atoms with Gasteiger partial charge in [0.15, 0.2) is 9.84 Å². The van der Waals surface area contributed by atoms with E-state index in [4.69, 9.17) is 0 Å². The second-order valence-corrected chi connectivity index (χ2v) is 21.4. The molecule has 0 aliphatic heterocycles. The molecule has 8 rings (SSSR count). The fourth-order valence-corrected chi connectivity index (χ4v) is 9.62. The summed E-state index contributed by atoms with van der Waals surface area (Å²) in [7, 11) is -3.00. The summed E-state index contributed by atoms with van der Waals surface area (Å²) in [4.78, 5) is 17.1. The summed E-state index contributed by atoms with van der Waals surface area (Å²) >= 11 is 24.3. The van der Waals surface area contributed by atoms with Gasteiger partial charge in [0, 0.05) is 75.8 Å². The maximum Gasteiger partial charge on any atom is 0.151 e. The number of sulfone groups is 1. The fourth-order valence-electron chi connectivity index (χ4n) is 5.46. The second kappa shape index (κ2) is 20.5. The molecule has 4 aromatic heterocycles. The minimum atomic E-state index is -3.00. The summed E-state index contributed by atoms with van der Waals surface area (Å²) < 4.78 is 26.6. The zero-order valence-corrected chi connectivity index (χ0v) is 41.1. The van der Waals surface area contributed by atoms with Gasteiger partial charge in [0.25, 0.3) is 0 Å². The number of aromatic nitrogens is 4. The van der Waals surface area contributed by atoms with Crippen molar-refractivity contribution in [3.05, 3.63) is 162 Å². The van der Waals surface area contributed by atoms with Crippen LogP contribution in [0.2, 0.25) is 0 Å². The van der Waals surface area contributed by atoms with Crippen LogP contribution in [-0.4, -0.2) is 34.6 Å². The molecule has 4 aromatic carbocycles. The molecule has 0 atom stereocenters. The Balaban J connectivity index is 0.000000141. The van der Waals surface area contributed by atoms with E-state index in [1.54, 1.807) is 24.7 Å². The lowest BCUT2D eigenvalue weighted by Crippen LogP contribution is -2.00. The molecule has 0 fully saturated rings. The molecule has 55 heavy (non-hydrogen) atoms. The van der Waals surface area contributed by atoms with Crippen molar-refractivity contribution >= 4 is 165 Å². The van der Waals surface area contributed by atoms with Gasteiger partial charge in [-0.3, -0.25) is 19.9 Å². The first-order valence-corrected chi connectivity index (χ1v) is 24.5. The normalized spacial score (nSPS) is 11.1. The highest BCUT2D eigenvalue weighted by Crippen LogP contribution is 2.34. The lowest BCUT2D eigenvalue weighted by molar-refractivity contribution is 0.601. The summed E-state index contributed by atoms with van der Waals surface area (Å²) in [6.07, 6.45) is 8.35. The number of fused-ring (bicyclic) bond motifs is 4. The molecule has 6 nitrogen and oxygen atoms in total. The predicted molar refractivity (Wildman–Crippen MR) is 254 cm³/mol. The van der Waals surface area contributed by atoms with Crippen molar-refractivity contribution in [2.45, 2.75) is 21.7 Å². The zero-order valence-electron chi connectivity index (χ0n) is 29.2. The highest BCUT2D eigenvalue weighted by atomic mass is 79.9. The molecular weight excluding hydrogens is 1170 g/mol. The van der Waals surface area contributed by atoms with Gasteiger partial charge in [-0.15, -0.1) is 0 Å². The molecule has 0 bridgehead atoms. The maximum absolute atomic E-state index is 11.2. The number of halogens is 7. The Labute approximate surface area is 379 Å². The van der Waals surface area contributed by atoms with Crippen LogP contribution in [0.25, 0.3) is 43.6 Å². The third-order valence-electron chi connectivity index (χ3n) is 7.75. The Morgan fingerprint density at radius 1 is 0.545 bits per heavy atom. The first kappa shape index (κ1) is 43.9. The summed E-state index contributed by atoms with van der Waals surface area (Å²) in [5.74, 6) is 0.0520. The molecule has 0 aliphatic rings. The molecule has 0 saturated carbocycles. The van der Waals surface area contributed by atoms with Gasteiger partial charge in [-0.25, -0.2) is 8.42 Å². The van der Waals surface area contributed by atoms with Gasteiger partial charge >= 0.3 is 0 Å². The standard InChI is InChI=1S/C11H10BrNO2S.C10H6Br3N.C10H7Br2N.C10H8BrN/c1-16(14,15)7-8-5-9-3-2-4-13-11(9)10(12)6-8;11-8-5-7(10(12)13)4-6-2-1-3-14-9(6)8;11-6-7-4-8-2-1-3-13-10(8)9(12)5-7;1-7-5-8-3-2-4-12-10(8)9(11)6-7/h2-6H,7H2,1H3;1-5,10H;1-5H,6H2;2-6H,1H3. The molecule has 4 heterocycles. The zero-order chi connectivity index (χ0) is 39.7. The maximum atomic E-state index is 11.2. The van der Waals surface area contributed by atoms with Crippen molar-refractivity contribution < 1.29 is 8.42 Å². The van der Waals surface area contributed by atoms with E-state index >= 15 is 0 Å². The van der Waals surface area contributed by atoms with Crippen molar-refractivity contribution in [2.24, 2.45) is 0 Å². The summed E-state index contributed by atoms with van der Waals surface area (Å²) in [6, 6.07) is 32.1. The van der Waals surface area contributed by atoms with Gasteiger partial charge in [0.2, 0.25) is 0 Å². The van der Waals surface area contributed by atoms with Crippen molar-refractivity contribution in [1.82, 2.24) is 19.9 Å². The number of hydrogen-bond acceptors (Lipinski definition) is 6. The molecule has 0 N–H and O–H groups in total. The summed E-state index contributed by atoms with van der Waals surface area (Å²) in [5.41, 5.74) is 8.36. The molecule has 0 spiro atoms. The highest BCUT2D eigenvalue weighted by molar-refractivity contribution is 9.24. The van der Waals surface area contributed by atoms with Crippen LogP contribution < -0.4 is 0 Å². The van der Waals surface area contributed by atoms with Crippen LogP contribution in [0, 0.1) is 6.92 Å². The largest absolute Gasteiger partial charge is 0.255 e. The highest BCUT2D eigenvalue weighted by Gasteiger charge is 2.09. The van der Waals surface area contributed by atoms with Crippen LogP contribution in [0.4, 0.5) is 0 Å². The number of aryl methyl sites for hydroxylation is 1. The molecule has 282 valence electrons. The van der Waals surface area contributed by atoms with Crippen LogP contribution in [0.5, 0.6) is 0 Å². The van der Waals surface area contributed by atoms with E-state index in [0.29, 0.717) is 0 Å². The smallest absolute Gasteiger partial charge is 0.151 e. The monoisotopic (exact) mass is 1200 g/mol. The molecule has 0 radical (unpaired) electrons. The van der Waals surface area contributed by atoms with Gasteiger partial charge in [0.1, 0.15) is 0 Å². The fraction of sp³-hybridized carbons (Fsp3) is 0.122. The molecule has 0 saturated heterocycles. The number of rotatable bonds is 4. The molecule has 8 aromatic rings. The van der Waals surface area contributed by atoms with Gasteiger partial charge in [0.05, 0.1) is 31.6 Å². The number of hydrogen-bond donors (Lipinski definition) is 0. The Kier molecular flexibility index (Phi) is 16.4. The molecule has 0 unspecified atom stereocenters. The van der Waals surface area contributed by atoms with Crippen LogP contribution in [-0.2, 0) is 20.9 Å². The average molecular weight is 1200 g/mol. The minimum absolute atomic E-state index is 0.0520. The lowest BCUT2D eigenvalue weighted by Gasteiger charge is -2.05. The molecule has 14 heteroatoms. The van der Waals surface area contributed by atoms with Crippen LogP contribution in [0.15, 0.2) is 140 Å². The Morgan fingerprint density at radius 2 is 0.927 bits per heavy atom. The summed E-state index contributed by atoms with van der Waals surface area (Å²) in [5, 5.41) is 5.31. The average Bonchev–Trinajstić information content (AvgIpc) is 3.15.